The Labute approximate surface area is 378 Å². The fourth-order valence-electron chi connectivity index (χ4n) is 10.2. The van der Waals surface area contributed by atoms with E-state index in [-0.39, 0.29) is 34.4 Å². The number of hydrogen-bond donors (Lipinski definition) is 2. The van der Waals surface area contributed by atoms with Crippen molar-refractivity contribution in [2.45, 2.75) is 65.6 Å². The molecule has 2 aliphatic heterocycles. The Morgan fingerprint density at radius 3 is 2.34 bits per heavy atom. The minimum atomic E-state index is -0.384. The van der Waals surface area contributed by atoms with Gasteiger partial charge in [-0.2, -0.15) is 5.26 Å². The molecule has 0 unspecified atom stereocenters. The van der Waals surface area contributed by atoms with Crippen LogP contribution in [0.4, 0.5) is 11.6 Å². The Morgan fingerprint density at radius 1 is 0.922 bits per heavy atom. The average Bonchev–Trinajstić information content (AvgIpc) is 3.77. The van der Waals surface area contributed by atoms with Crippen molar-refractivity contribution in [1.29, 1.82) is 5.26 Å². The molecule has 3 aromatic heterocycles. The van der Waals surface area contributed by atoms with Crippen molar-refractivity contribution in [2.75, 3.05) is 49.1 Å². The third-order valence-electron chi connectivity index (χ3n) is 13.6. The largest absolute Gasteiger partial charge is 0.489 e. The number of nitrogens with zero attached hydrogens (tertiary/aromatic N) is 7. The lowest BCUT2D eigenvalue weighted by Gasteiger charge is -2.63. The quantitative estimate of drug-likeness (QED) is 0.130. The van der Waals surface area contributed by atoms with Crippen LogP contribution in [-0.2, 0) is 7.05 Å². The fraction of sp³-hybridized carbons (Fsp3) is 0.380. The van der Waals surface area contributed by atoms with Gasteiger partial charge in [0, 0.05) is 128 Å². The van der Waals surface area contributed by atoms with Crippen molar-refractivity contribution < 1.29 is 14.3 Å². The summed E-state index contributed by atoms with van der Waals surface area (Å²) in [7, 11) is 1.78. The number of fused-ring (bicyclic) bond motifs is 1. The van der Waals surface area contributed by atoms with Crippen molar-refractivity contribution in [3.05, 3.63) is 124 Å². The predicted molar refractivity (Wildman–Crippen MR) is 251 cm³/mol. The summed E-state index contributed by atoms with van der Waals surface area (Å²) in [6.45, 7) is 17.9. The van der Waals surface area contributed by atoms with Gasteiger partial charge in [-0.1, -0.05) is 65.3 Å². The van der Waals surface area contributed by atoms with Crippen molar-refractivity contribution in [3.63, 3.8) is 0 Å². The van der Waals surface area contributed by atoms with Gasteiger partial charge in [0.15, 0.2) is 0 Å². The molecule has 1 aliphatic carbocycles. The highest BCUT2D eigenvalue weighted by atomic mass is 35.5. The van der Waals surface area contributed by atoms with Gasteiger partial charge in [-0.3, -0.25) is 14.5 Å². The second-order valence-electron chi connectivity index (χ2n) is 18.9. The van der Waals surface area contributed by atoms with Gasteiger partial charge in [0.25, 0.3) is 11.5 Å². The van der Waals surface area contributed by atoms with Crippen molar-refractivity contribution in [1.82, 2.24) is 29.7 Å². The van der Waals surface area contributed by atoms with Gasteiger partial charge in [0.1, 0.15) is 34.9 Å². The smallest absolute Gasteiger partial charge is 0.274 e. The first-order valence-electron chi connectivity index (χ1n) is 21.9. The molecule has 0 radical (unpaired) electrons. The van der Waals surface area contributed by atoms with E-state index in [1.54, 1.807) is 42.2 Å². The van der Waals surface area contributed by atoms with Gasteiger partial charge in [-0.25, -0.2) is 9.97 Å². The molecule has 330 valence electrons. The Bertz CT molecular complexity index is 2820. The van der Waals surface area contributed by atoms with Gasteiger partial charge in [0.2, 0.25) is 5.95 Å². The number of hydrogen-bond acceptors (Lipinski definition) is 10. The monoisotopic (exact) mass is 879 g/mol. The maximum atomic E-state index is 13.5. The number of aryl methyl sites for hydroxylation is 1. The van der Waals surface area contributed by atoms with Gasteiger partial charge in [-0.05, 0) is 53.9 Å². The number of aromatic nitrogens is 4. The van der Waals surface area contributed by atoms with Gasteiger partial charge < -0.3 is 34.1 Å². The van der Waals surface area contributed by atoms with Crippen LogP contribution in [-0.4, -0.2) is 87.8 Å². The molecule has 64 heavy (non-hydrogen) atoms. The first kappa shape index (κ1) is 42.9. The lowest BCUT2D eigenvalue weighted by molar-refractivity contribution is -0.164. The third kappa shape index (κ3) is 7.83. The zero-order valence-electron chi connectivity index (χ0n) is 37.4. The fourth-order valence-corrected chi connectivity index (χ4v) is 10.4. The van der Waals surface area contributed by atoms with E-state index in [1.807, 2.05) is 36.7 Å². The van der Waals surface area contributed by atoms with Crippen LogP contribution in [0.1, 0.15) is 68.9 Å². The molecule has 1 amide bonds. The molecule has 0 atom stereocenters. The summed E-state index contributed by atoms with van der Waals surface area (Å²) in [6.07, 6.45) is 6.74. The number of aromatic amines is 1. The topological polar surface area (TPSA) is 145 Å². The van der Waals surface area contributed by atoms with Crippen molar-refractivity contribution in [3.8, 4) is 34.4 Å². The summed E-state index contributed by atoms with van der Waals surface area (Å²) >= 11 is 6.26. The van der Waals surface area contributed by atoms with E-state index in [2.05, 4.69) is 107 Å². The summed E-state index contributed by atoms with van der Waals surface area (Å²) in [5.41, 5.74) is 4.75. The van der Waals surface area contributed by atoms with E-state index in [1.165, 1.54) is 5.56 Å². The zero-order valence-corrected chi connectivity index (χ0v) is 38.1. The molecule has 1 saturated carbocycles. The highest BCUT2D eigenvalue weighted by Crippen LogP contribution is 2.55. The normalized spacial score (nSPS) is 19.5. The molecule has 9 rings (SSSR count). The second-order valence-corrected chi connectivity index (χ2v) is 19.3. The van der Waals surface area contributed by atoms with Crippen molar-refractivity contribution >= 4 is 40.0 Å². The number of ether oxygens (including phenoxy) is 2. The number of halogens is 1. The van der Waals surface area contributed by atoms with E-state index < -0.39 is 0 Å². The number of nitriles is 1. The molecular weight excluding hydrogens is 826 g/mol. The molecule has 2 N–H and O–H groups in total. The highest BCUT2D eigenvalue weighted by Gasteiger charge is 2.64. The number of benzene rings is 3. The lowest BCUT2D eigenvalue weighted by Crippen LogP contribution is -2.74. The van der Waals surface area contributed by atoms with Crippen LogP contribution in [0.25, 0.3) is 22.0 Å². The lowest BCUT2D eigenvalue weighted by atomic mass is 9.49. The molecule has 3 fully saturated rings. The number of carbonyl (C=O) groups excluding carboxylic acids is 1. The molecule has 3 aliphatic rings. The number of anilines is 2. The maximum absolute atomic E-state index is 13.5. The van der Waals surface area contributed by atoms with Gasteiger partial charge in [0.05, 0.1) is 16.1 Å². The van der Waals surface area contributed by atoms with Crippen LogP contribution in [0.3, 0.4) is 0 Å². The number of amides is 1. The molecule has 6 aromatic rings. The first-order chi connectivity index (χ1) is 30.6. The number of H-pyrrole nitrogens is 1. The molecule has 0 spiro atoms. The molecule has 0 bridgehead atoms. The number of piperazine rings is 1. The van der Waals surface area contributed by atoms with Crippen molar-refractivity contribution in [2.24, 2.45) is 17.9 Å². The highest BCUT2D eigenvalue weighted by molar-refractivity contribution is 6.31. The molecule has 14 heteroatoms. The average molecular weight is 880 g/mol. The van der Waals surface area contributed by atoms with E-state index in [0.717, 1.165) is 73.0 Å². The molecule has 13 nitrogen and oxygen atoms in total. The summed E-state index contributed by atoms with van der Waals surface area (Å²) in [5.74, 6) is 2.81. The maximum Gasteiger partial charge on any atom is 0.274 e. The van der Waals surface area contributed by atoms with Gasteiger partial charge >= 0.3 is 0 Å². The van der Waals surface area contributed by atoms with Gasteiger partial charge in [-0.15, -0.1) is 0 Å². The Kier molecular flexibility index (Phi) is 11.2. The summed E-state index contributed by atoms with van der Waals surface area (Å²) in [6, 6.07) is 24.0. The first-order valence-corrected chi connectivity index (χ1v) is 22.3. The van der Waals surface area contributed by atoms with E-state index >= 15 is 0 Å². The van der Waals surface area contributed by atoms with Crippen LogP contribution >= 0.6 is 11.6 Å². The predicted octanol–water partition coefficient (Wildman–Crippen LogP) is 8.39. The number of nitrogens with one attached hydrogen (secondary N) is 2. The number of pyridine rings is 1. The summed E-state index contributed by atoms with van der Waals surface area (Å²) in [5, 5.41) is 13.7. The second kappa shape index (κ2) is 16.6. The SMILES string of the molecule is CC(C)c1ccc(Oc2cccc(N3CC(N4CCN(c5ncc(C(=O)NC6C(C)(C)C(Oc7ccc(C#N)c(Cl)c7)C6(C)C)cn5)CC4)C3)c2)c(-c2cn(C)c(=O)c3[nH]ccc23)c1. The molecular formula is C50H54ClN9O4. The van der Waals surface area contributed by atoms with E-state index in [4.69, 9.17) is 21.1 Å². The molecule has 5 heterocycles. The summed E-state index contributed by atoms with van der Waals surface area (Å²) < 4.78 is 14.7. The zero-order chi connectivity index (χ0) is 45.1. The Hall–Kier alpha value is -6.36. The molecule has 2 saturated heterocycles. The summed E-state index contributed by atoms with van der Waals surface area (Å²) in [4.78, 5) is 45.9. The minimum Gasteiger partial charge on any atom is -0.489 e. The number of rotatable bonds is 11. The minimum absolute atomic E-state index is 0.0642. The van der Waals surface area contributed by atoms with E-state index in [0.29, 0.717) is 45.3 Å². The van der Waals surface area contributed by atoms with Crippen LogP contribution in [0.15, 0.2) is 96.3 Å². The third-order valence-corrected chi connectivity index (χ3v) is 13.9. The van der Waals surface area contributed by atoms with Crippen LogP contribution in [0.2, 0.25) is 5.02 Å². The Morgan fingerprint density at radius 2 is 1.66 bits per heavy atom. The van der Waals surface area contributed by atoms with E-state index in [9.17, 15) is 14.9 Å². The van der Waals surface area contributed by atoms with Crippen LogP contribution in [0.5, 0.6) is 17.2 Å². The Balaban J connectivity index is 0.782. The molecule has 3 aromatic carbocycles. The number of carbonyl (C=O) groups is 1. The standard InChI is InChI=1S/C50H54ClN9O4/c1-30(2)31-12-14-42(39(21-31)40-29-57(7)45(62)43-38(40)15-16-53-43)63-36-10-8-9-34(22-36)60-27-35(28-60)58-17-19-59(20-18-58)48-54-25-33(26-55-48)44(61)56-46-49(3,4)47(50(46,5)6)64-37-13-11-32(24-52)41(51)23-37/h8-16,21-23,25-26,29-30,35,46-47,53H,17-20,27-28H2,1-7H3,(H,56,61). The van der Waals surface area contributed by atoms with Crippen LogP contribution < -0.4 is 30.1 Å². The van der Waals surface area contributed by atoms with Crippen LogP contribution in [0, 0.1) is 22.2 Å².